The number of piperidine rings is 2. The van der Waals surface area contributed by atoms with Crippen LogP contribution in [-0.2, 0) is 14.3 Å². The van der Waals surface area contributed by atoms with Gasteiger partial charge in [-0.2, -0.15) is 20.5 Å². The van der Waals surface area contributed by atoms with Crippen molar-refractivity contribution in [2.75, 3.05) is 140 Å². The lowest BCUT2D eigenvalue weighted by Gasteiger charge is -2.43. The van der Waals surface area contributed by atoms with Gasteiger partial charge in [-0.25, -0.2) is 28.7 Å². The van der Waals surface area contributed by atoms with E-state index in [4.69, 9.17) is 28.4 Å². The molecule has 5 atom stereocenters. The molecular weight excluding hydrogens is 1160 g/mol. The number of hydrogen-bond acceptors (Lipinski definition) is 23. The van der Waals surface area contributed by atoms with Gasteiger partial charge < -0.3 is 64.2 Å². The first-order valence-corrected chi connectivity index (χ1v) is 29.3. The van der Waals surface area contributed by atoms with Crippen LogP contribution >= 0.6 is 12.4 Å². The number of nitrogens with zero attached hydrogens (tertiary/aromatic N) is 13. The van der Waals surface area contributed by atoms with Gasteiger partial charge in [0.2, 0.25) is 23.7 Å². The monoisotopic (exact) mass is 1230 g/mol. The van der Waals surface area contributed by atoms with Gasteiger partial charge in [0, 0.05) is 95.4 Å². The number of aliphatic hydroxyl groups is 1. The highest BCUT2D eigenvalue weighted by Gasteiger charge is 2.36. The summed E-state index contributed by atoms with van der Waals surface area (Å²) in [5.74, 6) is 2.88. The molecule has 27 heteroatoms. The van der Waals surface area contributed by atoms with Crippen LogP contribution in [0, 0.1) is 22.7 Å². The number of benzene rings is 2. The van der Waals surface area contributed by atoms with Gasteiger partial charge in [-0.1, -0.05) is 0 Å². The van der Waals surface area contributed by atoms with Crippen LogP contribution in [0.4, 0.5) is 43.7 Å². The Balaban J connectivity index is 0.000000193. The molecule has 6 saturated heterocycles. The number of piperazine rings is 2. The number of aliphatic hydroxyl groups excluding tert-OH is 1. The van der Waals surface area contributed by atoms with Crippen molar-refractivity contribution in [1.29, 1.82) is 10.5 Å². The van der Waals surface area contributed by atoms with Gasteiger partial charge in [-0.15, -0.1) is 12.4 Å². The van der Waals surface area contributed by atoms with E-state index >= 15 is 0 Å². The molecule has 6 fully saturated rings. The molecule has 10 heterocycles. The lowest BCUT2D eigenvalue weighted by atomic mass is 10.0. The quantitative estimate of drug-likeness (QED) is 0.0870. The largest absolute Gasteiger partial charge is 0.486 e. The molecule has 0 spiro atoms. The van der Waals surface area contributed by atoms with E-state index in [0.717, 1.165) is 95.7 Å². The molecule has 4 aromatic heterocycles. The maximum absolute atomic E-state index is 14.9. The van der Waals surface area contributed by atoms with Gasteiger partial charge in [0.25, 0.3) is 5.91 Å². The predicted molar refractivity (Wildman–Crippen MR) is 326 cm³/mol. The first-order valence-electron chi connectivity index (χ1n) is 29.3. The van der Waals surface area contributed by atoms with Crippen molar-refractivity contribution in [3.8, 4) is 57.9 Å². The summed E-state index contributed by atoms with van der Waals surface area (Å²) in [4.78, 5) is 50.1. The van der Waals surface area contributed by atoms with E-state index in [1.54, 1.807) is 69.1 Å². The van der Waals surface area contributed by atoms with Gasteiger partial charge in [0.15, 0.2) is 6.17 Å². The van der Waals surface area contributed by atoms with Crippen molar-refractivity contribution in [2.45, 2.75) is 62.5 Å². The average Bonchev–Trinajstić information content (AvgIpc) is 3.29. The first kappa shape index (κ1) is 62.7. The van der Waals surface area contributed by atoms with E-state index in [1.165, 1.54) is 11.8 Å². The molecule has 6 aromatic rings. The Hall–Kier alpha value is -8.34. The molecule has 12 rings (SSSR count). The molecule has 2 aromatic carbocycles. The second kappa shape index (κ2) is 29.1. The van der Waals surface area contributed by atoms with Crippen molar-refractivity contribution < 1.29 is 47.1 Å². The number of aromatic nitrogens is 6. The summed E-state index contributed by atoms with van der Waals surface area (Å²) < 4.78 is 62.9. The molecule has 6 aliphatic heterocycles. The van der Waals surface area contributed by atoms with Crippen LogP contribution < -0.4 is 44.7 Å². The van der Waals surface area contributed by atoms with Crippen LogP contribution in [0.15, 0.2) is 85.2 Å². The highest BCUT2D eigenvalue weighted by atomic mass is 35.5. The van der Waals surface area contributed by atoms with Crippen LogP contribution in [-0.4, -0.2) is 218 Å². The molecule has 4 N–H and O–H groups in total. The Morgan fingerprint density at radius 2 is 1.14 bits per heavy atom. The van der Waals surface area contributed by atoms with E-state index in [1.807, 2.05) is 30.3 Å². The maximum Gasteiger partial charge on any atom is 0.251 e. The smallest absolute Gasteiger partial charge is 0.251 e. The number of carbonyl (C=O) groups excluding carboxylic acids is 1. The number of likely N-dealkylation sites (tertiary alicyclic amines) is 1. The second-order valence-corrected chi connectivity index (χ2v) is 21.9. The summed E-state index contributed by atoms with van der Waals surface area (Å²) >= 11 is 0. The number of nitrogens with one attached hydrogen (secondary N) is 3. The third kappa shape index (κ3) is 14.8. The van der Waals surface area contributed by atoms with E-state index in [9.17, 15) is 29.2 Å². The SMILES string of the molecule is COc1nc(Nc2nccc(-c3ccc(O[C@H]4CCN(C(=O)C(C)O)C[C@H]4F)c(C#N)c3)n2)ccc1N1CCN(C2COC2)CC1.COc1nc(Nc2nccc(-c3ccc(O[C@H]4CCNC[C@H]4F)c(C#N)c3)n2)ccc1N1CCN(C2COC2)CC1.Cl. The number of rotatable bonds is 17. The Kier molecular flexibility index (Phi) is 20.7. The number of hydrogen-bond donors (Lipinski definition) is 4. The Bertz CT molecular complexity index is 3450. The topological polar surface area (TPSA) is 270 Å². The van der Waals surface area contributed by atoms with Gasteiger partial charge in [-0.05, 0) is 92.7 Å². The second-order valence-electron chi connectivity index (χ2n) is 21.9. The van der Waals surface area contributed by atoms with Gasteiger partial charge in [-0.3, -0.25) is 14.6 Å². The Morgan fingerprint density at radius 1 is 0.659 bits per heavy atom. The number of nitriles is 2. The van der Waals surface area contributed by atoms with Crippen molar-refractivity contribution in [2.24, 2.45) is 0 Å². The Morgan fingerprint density at radius 3 is 1.55 bits per heavy atom. The van der Waals surface area contributed by atoms with Crippen LogP contribution in [0.1, 0.15) is 30.9 Å². The summed E-state index contributed by atoms with van der Waals surface area (Å²) in [7, 11) is 3.22. The van der Waals surface area contributed by atoms with Crippen LogP contribution in [0.3, 0.4) is 0 Å². The number of methoxy groups -OCH3 is 2. The average molecular weight is 1230 g/mol. The van der Waals surface area contributed by atoms with E-state index in [0.29, 0.717) is 88.6 Å². The minimum atomic E-state index is -1.46. The van der Waals surface area contributed by atoms with Crippen molar-refractivity contribution in [3.05, 3.63) is 96.3 Å². The zero-order chi connectivity index (χ0) is 60.4. The fraction of sp³-hybridized carbons (Fsp3) is 0.459. The molecule has 6 aliphatic rings. The number of amides is 1. The maximum atomic E-state index is 14.9. The van der Waals surface area contributed by atoms with Crippen molar-refractivity contribution in [3.63, 3.8) is 0 Å². The van der Waals surface area contributed by atoms with E-state index in [2.05, 4.69) is 77.6 Å². The van der Waals surface area contributed by atoms with Crippen LogP contribution in [0.25, 0.3) is 22.5 Å². The molecule has 0 radical (unpaired) electrons. The molecule has 1 amide bonds. The number of alkyl halides is 2. The predicted octanol–water partition coefficient (Wildman–Crippen LogP) is 5.57. The van der Waals surface area contributed by atoms with Crippen LogP contribution in [0.2, 0.25) is 0 Å². The molecule has 0 aliphatic carbocycles. The summed E-state index contributed by atoms with van der Waals surface area (Å²) in [6.45, 7) is 13.1. The molecule has 24 nitrogen and oxygen atoms in total. The van der Waals surface area contributed by atoms with Crippen molar-refractivity contribution in [1.82, 2.24) is 49.9 Å². The third-order valence-electron chi connectivity index (χ3n) is 16.3. The lowest BCUT2D eigenvalue weighted by molar-refractivity contribution is -0.143. The fourth-order valence-electron chi connectivity index (χ4n) is 11.2. The van der Waals surface area contributed by atoms with Gasteiger partial charge >= 0.3 is 0 Å². The Labute approximate surface area is 515 Å². The highest BCUT2D eigenvalue weighted by Crippen LogP contribution is 2.35. The number of ether oxygens (including phenoxy) is 6. The minimum Gasteiger partial charge on any atom is -0.486 e. The minimum absolute atomic E-state index is 0. The standard InChI is InChI=1S/C32H37FN8O5.C29H33FN8O3.ClH/c1-20(42)31(43)41-10-8-28(24(33)17-41)46-27-5-3-21(15-22(27)16-34)25-7-9-35-32(36-25)38-29-6-4-26(30(37-29)44-2)40-13-11-39(12-14-40)23-18-45-19-23;1-39-28-24(38-12-10-37(11-13-38)21-17-40-18-21)3-5-27(35-28)36-29-33-9-6-23(34-29)19-2-4-25(20(14-19)15-31)41-26-7-8-32-16-22(26)30;/h3-7,9,15,20,23-24,28,42H,8,10-14,17-19H2,1-2H3,(H,35,36,37,38);2-6,9,14,21-22,26,32H,7-8,10-13,16-18H2,1H3,(H,33,34,35,36);1H/t20?,24-,28+;22-,26+;/m11./s1. The third-order valence-corrected chi connectivity index (χ3v) is 16.3. The molecule has 0 bridgehead atoms. The highest BCUT2D eigenvalue weighted by molar-refractivity contribution is 5.85. The summed E-state index contributed by atoms with van der Waals surface area (Å²) in [5.41, 5.74) is 4.98. The van der Waals surface area contributed by atoms with Gasteiger partial charge in [0.1, 0.15) is 71.1 Å². The number of pyridine rings is 2. The van der Waals surface area contributed by atoms with Crippen molar-refractivity contribution >= 4 is 53.2 Å². The zero-order valence-electron chi connectivity index (χ0n) is 49.1. The summed E-state index contributed by atoms with van der Waals surface area (Å²) in [6, 6.07) is 26.8. The van der Waals surface area contributed by atoms with E-state index < -0.39 is 36.6 Å². The normalized spacial score (nSPS) is 21.1. The van der Waals surface area contributed by atoms with E-state index in [-0.39, 0.29) is 49.8 Å². The number of halogens is 3. The number of carbonyl (C=O) groups is 1. The molecule has 464 valence electrons. The van der Waals surface area contributed by atoms with Crippen LogP contribution in [0.5, 0.6) is 23.3 Å². The molecular formula is C61H71ClF2N16O8. The molecule has 88 heavy (non-hydrogen) atoms. The molecule has 1 unspecified atom stereocenters. The van der Waals surface area contributed by atoms with Gasteiger partial charge in [0.05, 0.1) is 81.8 Å². The first-order chi connectivity index (χ1) is 42.4. The zero-order valence-corrected chi connectivity index (χ0v) is 50.0. The number of anilines is 6. The molecule has 0 saturated carbocycles. The summed E-state index contributed by atoms with van der Waals surface area (Å²) in [5, 5.41) is 38.4. The lowest BCUT2D eigenvalue weighted by Crippen LogP contribution is -2.56. The summed E-state index contributed by atoms with van der Waals surface area (Å²) in [6.07, 6.45) is -1.15. The fourth-order valence-corrected chi connectivity index (χ4v) is 11.2.